The smallest absolute Gasteiger partial charge is 0.0774 e. The molecule has 3 heteroatoms. The second-order valence-electron chi connectivity index (χ2n) is 6.77. The molecule has 0 aromatic carbocycles. The molecule has 3 fully saturated rings. The molecule has 3 rings (SSSR count). The summed E-state index contributed by atoms with van der Waals surface area (Å²) in [6.45, 7) is 1.97. The van der Waals surface area contributed by atoms with Gasteiger partial charge in [-0.15, -0.1) is 0 Å². The van der Waals surface area contributed by atoms with Gasteiger partial charge < -0.3 is 10.2 Å². The van der Waals surface area contributed by atoms with Crippen molar-refractivity contribution in [2.45, 2.75) is 75.5 Å². The average molecular weight is 253 g/mol. The van der Waals surface area contributed by atoms with E-state index in [1.165, 1.54) is 38.5 Å². The van der Waals surface area contributed by atoms with Crippen molar-refractivity contribution in [2.75, 3.05) is 13.1 Å². The lowest BCUT2D eigenvalue weighted by Crippen LogP contribution is -2.47. The van der Waals surface area contributed by atoms with Gasteiger partial charge in [-0.1, -0.05) is 19.3 Å². The largest absolute Gasteiger partial charge is 0.393 e. The Morgan fingerprint density at radius 1 is 1.00 bits per heavy atom. The van der Waals surface area contributed by atoms with Gasteiger partial charge in [0, 0.05) is 18.5 Å². The quantitative estimate of drug-likeness (QED) is 0.807. The first-order valence-corrected chi connectivity index (χ1v) is 7.82. The third-order valence-electron chi connectivity index (χ3n) is 5.47. The van der Waals surface area contributed by atoms with Gasteiger partial charge in [-0.05, 0) is 45.1 Å². The van der Waals surface area contributed by atoms with Crippen LogP contribution in [0, 0.1) is 5.92 Å². The third-order valence-corrected chi connectivity index (χ3v) is 5.47. The highest BCUT2D eigenvalue weighted by Crippen LogP contribution is 2.38. The minimum atomic E-state index is -0.424. The molecule has 3 aliphatic rings. The maximum absolute atomic E-state index is 10.6. The molecular weight excluding hydrogens is 226 g/mol. The van der Waals surface area contributed by atoms with Crippen LogP contribution in [0.25, 0.3) is 0 Å². The summed E-state index contributed by atoms with van der Waals surface area (Å²) in [7, 11) is 0. The van der Waals surface area contributed by atoms with Crippen LogP contribution in [0.5, 0.6) is 0 Å². The molecule has 0 amide bonds. The first-order valence-electron chi connectivity index (χ1n) is 7.82. The van der Waals surface area contributed by atoms with E-state index in [0.29, 0.717) is 12.0 Å². The van der Waals surface area contributed by atoms with Crippen LogP contribution < -0.4 is 0 Å². The maximum atomic E-state index is 10.6. The van der Waals surface area contributed by atoms with Gasteiger partial charge in [0.1, 0.15) is 0 Å². The Morgan fingerprint density at radius 3 is 2.44 bits per heavy atom. The van der Waals surface area contributed by atoms with Crippen LogP contribution >= 0.6 is 0 Å². The SMILES string of the molecule is OC1CCCC1C1CCCN1CC1(O)CCCC1. The van der Waals surface area contributed by atoms with Gasteiger partial charge in [0.05, 0.1) is 11.7 Å². The molecule has 0 bridgehead atoms. The van der Waals surface area contributed by atoms with Crippen LogP contribution in [0.1, 0.15) is 57.8 Å². The van der Waals surface area contributed by atoms with Gasteiger partial charge in [-0.3, -0.25) is 4.90 Å². The van der Waals surface area contributed by atoms with Crippen LogP contribution in [-0.2, 0) is 0 Å². The first-order chi connectivity index (χ1) is 8.68. The number of hydrogen-bond acceptors (Lipinski definition) is 3. The van der Waals surface area contributed by atoms with Crippen LogP contribution in [-0.4, -0.2) is 45.9 Å². The summed E-state index contributed by atoms with van der Waals surface area (Å²) < 4.78 is 0. The van der Waals surface area contributed by atoms with E-state index in [0.717, 1.165) is 32.4 Å². The van der Waals surface area contributed by atoms with Crippen molar-refractivity contribution >= 4 is 0 Å². The summed E-state index contributed by atoms with van der Waals surface area (Å²) in [5.74, 6) is 0.470. The van der Waals surface area contributed by atoms with E-state index in [1.807, 2.05) is 0 Å². The Hall–Kier alpha value is -0.120. The van der Waals surface area contributed by atoms with Crippen molar-refractivity contribution in [3.05, 3.63) is 0 Å². The molecule has 0 aromatic heterocycles. The first kappa shape index (κ1) is 12.9. The third kappa shape index (κ3) is 2.45. The zero-order valence-corrected chi connectivity index (χ0v) is 11.4. The highest BCUT2D eigenvalue weighted by Gasteiger charge is 2.42. The minimum Gasteiger partial charge on any atom is -0.393 e. The zero-order valence-electron chi connectivity index (χ0n) is 11.4. The summed E-state index contributed by atoms with van der Waals surface area (Å²) in [5.41, 5.74) is -0.424. The van der Waals surface area contributed by atoms with E-state index in [2.05, 4.69) is 4.90 Å². The Labute approximate surface area is 110 Å². The van der Waals surface area contributed by atoms with Crippen LogP contribution in [0.3, 0.4) is 0 Å². The molecule has 18 heavy (non-hydrogen) atoms. The summed E-state index contributed by atoms with van der Waals surface area (Å²) in [6, 6.07) is 0.534. The Balaban J connectivity index is 1.64. The molecule has 2 aliphatic carbocycles. The van der Waals surface area contributed by atoms with E-state index in [-0.39, 0.29) is 6.10 Å². The average Bonchev–Trinajstić information content (AvgIpc) is 3.01. The fourth-order valence-corrected chi connectivity index (χ4v) is 4.52. The topological polar surface area (TPSA) is 43.7 Å². The number of likely N-dealkylation sites (tertiary alicyclic amines) is 1. The van der Waals surface area contributed by atoms with Gasteiger partial charge in [-0.2, -0.15) is 0 Å². The van der Waals surface area contributed by atoms with Crippen molar-refractivity contribution in [3.63, 3.8) is 0 Å². The standard InChI is InChI=1S/C15H27NO2/c17-14-7-3-5-12(14)13-6-4-10-16(13)11-15(18)8-1-2-9-15/h12-14,17-18H,1-11H2. The number of rotatable bonds is 3. The van der Waals surface area contributed by atoms with Crippen molar-refractivity contribution in [3.8, 4) is 0 Å². The number of β-amino-alcohol motifs (C(OH)–C–C–N with tert-alkyl or cyclic N) is 1. The molecule has 2 N–H and O–H groups in total. The van der Waals surface area contributed by atoms with Gasteiger partial charge in [0.15, 0.2) is 0 Å². The van der Waals surface area contributed by atoms with Crippen LogP contribution in [0.15, 0.2) is 0 Å². The van der Waals surface area contributed by atoms with Crippen molar-refractivity contribution in [1.82, 2.24) is 4.90 Å². The van der Waals surface area contributed by atoms with Crippen LogP contribution in [0.4, 0.5) is 0 Å². The normalized spacial score (nSPS) is 40.7. The predicted octanol–water partition coefficient (Wildman–Crippen LogP) is 1.92. The predicted molar refractivity (Wildman–Crippen MR) is 71.4 cm³/mol. The molecule has 1 saturated heterocycles. The van der Waals surface area contributed by atoms with E-state index < -0.39 is 5.60 Å². The molecule has 2 saturated carbocycles. The Kier molecular flexibility index (Phi) is 3.65. The Morgan fingerprint density at radius 2 is 1.78 bits per heavy atom. The van der Waals surface area contributed by atoms with Gasteiger partial charge in [0.2, 0.25) is 0 Å². The fraction of sp³-hybridized carbons (Fsp3) is 1.00. The van der Waals surface area contributed by atoms with Gasteiger partial charge in [-0.25, -0.2) is 0 Å². The molecule has 3 atom stereocenters. The van der Waals surface area contributed by atoms with Crippen LogP contribution in [0.2, 0.25) is 0 Å². The molecule has 0 radical (unpaired) electrons. The lowest BCUT2D eigenvalue weighted by atomic mass is 9.92. The number of aliphatic hydroxyl groups is 2. The lowest BCUT2D eigenvalue weighted by molar-refractivity contribution is -0.0110. The molecule has 0 aromatic rings. The van der Waals surface area contributed by atoms with Crippen molar-refractivity contribution < 1.29 is 10.2 Å². The second-order valence-corrected chi connectivity index (χ2v) is 6.77. The lowest BCUT2D eigenvalue weighted by Gasteiger charge is -2.36. The summed E-state index contributed by atoms with van der Waals surface area (Å²) in [4.78, 5) is 2.49. The molecule has 0 spiro atoms. The summed E-state index contributed by atoms with van der Waals surface area (Å²) >= 11 is 0. The van der Waals surface area contributed by atoms with E-state index in [4.69, 9.17) is 0 Å². The van der Waals surface area contributed by atoms with E-state index in [9.17, 15) is 10.2 Å². The number of hydrogen-bond donors (Lipinski definition) is 2. The molecule has 104 valence electrons. The van der Waals surface area contributed by atoms with Gasteiger partial charge in [0.25, 0.3) is 0 Å². The van der Waals surface area contributed by atoms with Crippen molar-refractivity contribution in [1.29, 1.82) is 0 Å². The highest BCUT2D eigenvalue weighted by atomic mass is 16.3. The zero-order chi connectivity index (χ0) is 12.6. The summed E-state index contributed by atoms with van der Waals surface area (Å²) in [6.07, 6.45) is 10.0. The van der Waals surface area contributed by atoms with E-state index in [1.54, 1.807) is 0 Å². The summed E-state index contributed by atoms with van der Waals surface area (Å²) in [5, 5.41) is 20.7. The highest BCUT2D eigenvalue weighted by molar-refractivity contribution is 4.96. The number of nitrogens with zero attached hydrogens (tertiary/aromatic N) is 1. The van der Waals surface area contributed by atoms with Gasteiger partial charge >= 0.3 is 0 Å². The molecular formula is C15H27NO2. The second kappa shape index (κ2) is 5.10. The maximum Gasteiger partial charge on any atom is 0.0774 e. The monoisotopic (exact) mass is 253 g/mol. The molecule has 3 unspecified atom stereocenters. The minimum absolute atomic E-state index is 0.0891. The molecule has 1 aliphatic heterocycles. The number of aliphatic hydroxyl groups excluding tert-OH is 1. The fourth-order valence-electron chi connectivity index (χ4n) is 4.52. The molecule has 3 nitrogen and oxygen atoms in total. The van der Waals surface area contributed by atoms with Crippen molar-refractivity contribution in [2.24, 2.45) is 5.92 Å². The molecule has 1 heterocycles. The van der Waals surface area contributed by atoms with E-state index >= 15 is 0 Å². The Bertz CT molecular complexity index is 288.